The fourth-order valence-electron chi connectivity index (χ4n) is 5.47. The lowest BCUT2D eigenvalue weighted by Crippen LogP contribution is -2.68. The van der Waals surface area contributed by atoms with Crippen molar-refractivity contribution >= 4 is 29.1 Å². The van der Waals surface area contributed by atoms with Crippen LogP contribution in [-0.4, -0.2) is 87.7 Å². The summed E-state index contributed by atoms with van der Waals surface area (Å²) in [7, 11) is 0. The van der Waals surface area contributed by atoms with Crippen LogP contribution in [0.4, 0.5) is 11.5 Å². The van der Waals surface area contributed by atoms with E-state index >= 15 is 0 Å². The highest BCUT2D eigenvalue weighted by Crippen LogP contribution is 2.40. The minimum atomic E-state index is -0.938. The SMILES string of the molecule is Cc1nc(-c2ccc[nH]2)cc(N2C[C@@H](Oc3ncc(Cl)cc3N3CCOC4(COC4)[C@@H]3C)C[C@H]2C(=O)O)n1. The van der Waals surface area contributed by atoms with Gasteiger partial charge in [-0.25, -0.2) is 19.7 Å². The number of aromatic nitrogens is 4. The van der Waals surface area contributed by atoms with Gasteiger partial charge in [-0.05, 0) is 32.0 Å². The molecule has 0 bridgehead atoms. The summed E-state index contributed by atoms with van der Waals surface area (Å²) >= 11 is 6.36. The van der Waals surface area contributed by atoms with Crippen LogP contribution in [0.5, 0.6) is 5.88 Å². The number of carboxylic acids is 1. The molecule has 6 heterocycles. The Labute approximate surface area is 224 Å². The lowest BCUT2D eigenvalue weighted by molar-refractivity contribution is -0.228. The molecule has 3 aliphatic rings. The van der Waals surface area contributed by atoms with Gasteiger partial charge in [0.1, 0.15) is 35.1 Å². The van der Waals surface area contributed by atoms with Crippen molar-refractivity contribution in [2.45, 2.75) is 44.1 Å². The largest absolute Gasteiger partial charge is 0.480 e. The van der Waals surface area contributed by atoms with Gasteiger partial charge in [0.05, 0.1) is 48.8 Å². The number of anilines is 2. The molecular weight excluding hydrogens is 512 g/mol. The molecule has 0 saturated carbocycles. The van der Waals surface area contributed by atoms with Gasteiger partial charge in [0.15, 0.2) is 0 Å². The topological polar surface area (TPSA) is 126 Å². The zero-order valence-corrected chi connectivity index (χ0v) is 21.9. The van der Waals surface area contributed by atoms with E-state index in [1.807, 2.05) is 24.4 Å². The third-order valence-corrected chi connectivity index (χ3v) is 7.78. The lowest BCUT2D eigenvalue weighted by atomic mass is 9.90. The predicted octanol–water partition coefficient (Wildman–Crippen LogP) is 2.93. The maximum Gasteiger partial charge on any atom is 0.326 e. The molecule has 3 saturated heterocycles. The van der Waals surface area contributed by atoms with E-state index in [1.165, 1.54) is 0 Å². The van der Waals surface area contributed by atoms with E-state index in [4.69, 9.17) is 25.8 Å². The molecule has 200 valence electrons. The summed E-state index contributed by atoms with van der Waals surface area (Å²) in [5.74, 6) is 0.573. The number of nitrogens with one attached hydrogen (secondary N) is 1. The van der Waals surface area contributed by atoms with Gasteiger partial charge in [-0.3, -0.25) is 0 Å². The zero-order chi connectivity index (χ0) is 26.4. The van der Waals surface area contributed by atoms with Crippen molar-refractivity contribution in [3.05, 3.63) is 47.5 Å². The molecule has 3 aromatic rings. The van der Waals surface area contributed by atoms with Crippen molar-refractivity contribution in [2.75, 3.05) is 42.7 Å². The minimum absolute atomic E-state index is 0.0230. The van der Waals surface area contributed by atoms with E-state index in [9.17, 15) is 9.90 Å². The van der Waals surface area contributed by atoms with E-state index in [2.05, 4.69) is 31.8 Å². The molecule has 2 N–H and O–H groups in total. The number of aryl methyl sites for hydroxylation is 1. The molecule has 12 heteroatoms. The normalized spacial score (nSPS) is 24.4. The molecule has 1 spiro atoms. The number of pyridine rings is 1. The Hall–Kier alpha value is -3.41. The van der Waals surface area contributed by atoms with E-state index in [-0.39, 0.29) is 18.1 Å². The molecule has 6 rings (SSSR count). The molecule has 3 aromatic heterocycles. The van der Waals surface area contributed by atoms with Crippen LogP contribution in [0.15, 0.2) is 36.7 Å². The zero-order valence-electron chi connectivity index (χ0n) is 21.1. The van der Waals surface area contributed by atoms with Crippen LogP contribution >= 0.6 is 11.6 Å². The number of hydrogen-bond acceptors (Lipinski definition) is 9. The second-order valence-corrected chi connectivity index (χ2v) is 10.4. The van der Waals surface area contributed by atoms with Crippen LogP contribution < -0.4 is 14.5 Å². The number of nitrogens with zero attached hydrogens (tertiary/aromatic N) is 5. The first kappa shape index (κ1) is 24.9. The number of morpholine rings is 1. The van der Waals surface area contributed by atoms with Crippen LogP contribution in [-0.2, 0) is 14.3 Å². The highest BCUT2D eigenvalue weighted by atomic mass is 35.5. The predicted molar refractivity (Wildman–Crippen MR) is 140 cm³/mol. The average molecular weight is 541 g/mol. The molecule has 0 amide bonds. The van der Waals surface area contributed by atoms with Crippen LogP contribution in [0.1, 0.15) is 19.2 Å². The van der Waals surface area contributed by atoms with Crippen molar-refractivity contribution in [2.24, 2.45) is 0 Å². The molecule has 0 unspecified atom stereocenters. The molecule has 0 aliphatic carbocycles. The Morgan fingerprint density at radius 1 is 1.29 bits per heavy atom. The molecule has 0 radical (unpaired) electrons. The quantitative estimate of drug-likeness (QED) is 0.482. The number of rotatable bonds is 6. The van der Waals surface area contributed by atoms with Gasteiger partial charge in [0, 0.05) is 31.4 Å². The first-order chi connectivity index (χ1) is 18.3. The first-order valence-corrected chi connectivity index (χ1v) is 13.0. The Bertz CT molecular complexity index is 1330. The van der Waals surface area contributed by atoms with E-state index in [0.717, 1.165) is 11.4 Å². The van der Waals surface area contributed by atoms with Gasteiger partial charge >= 0.3 is 5.97 Å². The molecule has 11 nitrogen and oxygen atoms in total. The summed E-state index contributed by atoms with van der Waals surface area (Å²) in [6.45, 7) is 6.50. The molecule has 3 fully saturated rings. The van der Waals surface area contributed by atoms with Gasteiger partial charge < -0.3 is 34.1 Å². The maximum atomic E-state index is 12.3. The summed E-state index contributed by atoms with van der Waals surface area (Å²) in [6.07, 6.45) is 3.21. The second kappa shape index (κ2) is 9.72. The Morgan fingerprint density at radius 3 is 2.84 bits per heavy atom. The Balaban J connectivity index is 1.27. The van der Waals surface area contributed by atoms with Gasteiger partial charge in [-0.1, -0.05) is 11.6 Å². The summed E-state index contributed by atoms with van der Waals surface area (Å²) in [5.41, 5.74) is 1.93. The number of ether oxygens (including phenoxy) is 3. The van der Waals surface area contributed by atoms with Crippen molar-refractivity contribution in [3.63, 3.8) is 0 Å². The number of H-pyrrole nitrogens is 1. The molecule has 3 aliphatic heterocycles. The molecule has 38 heavy (non-hydrogen) atoms. The smallest absolute Gasteiger partial charge is 0.326 e. The average Bonchev–Trinajstić information content (AvgIpc) is 3.55. The van der Waals surface area contributed by atoms with E-state index in [0.29, 0.717) is 61.1 Å². The van der Waals surface area contributed by atoms with Crippen molar-refractivity contribution in [3.8, 4) is 17.3 Å². The lowest BCUT2D eigenvalue weighted by Gasteiger charge is -2.53. The number of hydrogen-bond donors (Lipinski definition) is 2. The van der Waals surface area contributed by atoms with Gasteiger partial charge in [-0.2, -0.15) is 0 Å². The molecular formula is C26H29ClN6O5. The fourth-order valence-corrected chi connectivity index (χ4v) is 5.62. The number of aliphatic carboxylic acids is 1. The first-order valence-electron chi connectivity index (χ1n) is 12.6. The summed E-state index contributed by atoms with van der Waals surface area (Å²) in [5, 5.41) is 10.6. The number of carboxylic acid groups (broad SMARTS) is 1. The summed E-state index contributed by atoms with van der Waals surface area (Å²) in [6, 6.07) is 6.67. The number of carbonyl (C=O) groups is 1. The van der Waals surface area contributed by atoms with Crippen LogP contribution in [0.3, 0.4) is 0 Å². The number of aromatic amines is 1. The van der Waals surface area contributed by atoms with E-state index < -0.39 is 18.1 Å². The summed E-state index contributed by atoms with van der Waals surface area (Å²) in [4.78, 5) is 33.0. The maximum absolute atomic E-state index is 12.3. The van der Waals surface area contributed by atoms with Crippen LogP contribution in [0.2, 0.25) is 5.02 Å². The van der Waals surface area contributed by atoms with Crippen LogP contribution in [0.25, 0.3) is 11.4 Å². The fraction of sp³-hybridized carbons (Fsp3) is 0.462. The highest BCUT2D eigenvalue weighted by Gasteiger charge is 2.50. The Morgan fingerprint density at radius 2 is 2.13 bits per heavy atom. The minimum Gasteiger partial charge on any atom is -0.480 e. The molecule has 0 aromatic carbocycles. The van der Waals surface area contributed by atoms with Gasteiger partial charge in [-0.15, -0.1) is 0 Å². The standard InChI is InChI=1S/C26H29ClN6O5/c1-15-26(13-36-14-26)37-7-6-32(15)21-8-17(27)11-29-24(21)38-18-9-22(25(34)35)33(12-18)23-10-20(30-16(2)31-23)19-4-3-5-28-19/h3-5,8,10-11,15,18,22,28H,6-7,9,12-14H2,1-2H3,(H,34,35)/t15-,18-,22-/m0/s1. The highest BCUT2D eigenvalue weighted by molar-refractivity contribution is 6.30. The Kier molecular flexibility index (Phi) is 6.37. The van der Waals surface area contributed by atoms with Crippen molar-refractivity contribution in [1.29, 1.82) is 0 Å². The van der Waals surface area contributed by atoms with Gasteiger partial charge in [0.2, 0.25) is 5.88 Å². The second-order valence-electron chi connectivity index (χ2n) is 9.98. The molecule has 3 atom stereocenters. The van der Waals surface area contributed by atoms with E-state index in [1.54, 1.807) is 24.1 Å². The number of halogens is 1. The third-order valence-electron chi connectivity index (χ3n) is 7.57. The summed E-state index contributed by atoms with van der Waals surface area (Å²) < 4.78 is 17.9. The monoisotopic (exact) mass is 540 g/mol. The van der Waals surface area contributed by atoms with Gasteiger partial charge in [0.25, 0.3) is 0 Å². The van der Waals surface area contributed by atoms with Crippen molar-refractivity contribution < 1.29 is 24.1 Å². The van der Waals surface area contributed by atoms with Crippen LogP contribution in [0, 0.1) is 6.92 Å². The third kappa shape index (κ3) is 4.44. The van der Waals surface area contributed by atoms with Crippen molar-refractivity contribution in [1.82, 2.24) is 19.9 Å².